The van der Waals surface area contributed by atoms with Gasteiger partial charge in [0.15, 0.2) is 0 Å². The molecule has 16 heavy (non-hydrogen) atoms. The summed E-state index contributed by atoms with van der Waals surface area (Å²) in [5.74, 6) is -0.209. The predicted molar refractivity (Wildman–Crippen MR) is 65.5 cm³/mol. The second-order valence-corrected chi connectivity index (χ2v) is 5.82. The van der Waals surface area contributed by atoms with Crippen molar-refractivity contribution in [2.75, 3.05) is 0 Å². The van der Waals surface area contributed by atoms with Gasteiger partial charge in [0, 0.05) is 11.1 Å². The Morgan fingerprint density at radius 1 is 1.31 bits per heavy atom. The molecule has 0 amide bonds. The zero-order valence-electron chi connectivity index (χ0n) is 9.23. The molecule has 2 atom stereocenters. The van der Waals surface area contributed by atoms with Crippen LogP contribution < -0.4 is 5.73 Å². The molecule has 1 saturated carbocycles. The number of hydrogen-bond acceptors (Lipinski definition) is 1. The standard InChI is InChI=1S/C12H14Cl2FN/c1-12(2)7(4-11(12)16)6-3-10(15)9(14)5-8(6)13/h3,5,7,11H,4,16H2,1-2H3. The molecule has 0 spiro atoms. The van der Waals surface area contributed by atoms with Gasteiger partial charge in [-0.1, -0.05) is 37.0 Å². The molecule has 1 aromatic carbocycles. The number of halogens is 3. The first kappa shape index (κ1) is 12.2. The first-order chi connectivity index (χ1) is 7.34. The monoisotopic (exact) mass is 261 g/mol. The van der Waals surface area contributed by atoms with E-state index in [4.69, 9.17) is 28.9 Å². The van der Waals surface area contributed by atoms with E-state index in [0.29, 0.717) is 5.02 Å². The Balaban J connectivity index is 2.39. The summed E-state index contributed by atoms with van der Waals surface area (Å²) in [5, 5.41) is 0.589. The van der Waals surface area contributed by atoms with Crippen LogP contribution in [0.4, 0.5) is 4.39 Å². The van der Waals surface area contributed by atoms with Gasteiger partial charge in [0.05, 0.1) is 5.02 Å². The zero-order valence-corrected chi connectivity index (χ0v) is 10.7. The Kier molecular flexibility index (Phi) is 2.94. The third-order valence-corrected chi connectivity index (χ3v) is 4.38. The van der Waals surface area contributed by atoms with Crippen molar-refractivity contribution in [3.05, 3.63) is 33.6 Å². The van der Waals surface area contributed by atoms with Crippen molar-refractivity contribution in [1.82, 2.24) is 0 Å². The van der Waals surface area contributed by atoms with Gasteiger partial charge in [-0.3, -0.25) is 0 Å². The lowest BCUT2D eigenvalue weighted by Crippen LogP contribution is -2.52. The minimum atomic E-state index is -0.419. The molecule has 0 aliphatic heterocycles. The van der Waals surface area contributed by atoms with Crippen molar-refractivity contribution >= 4 is 23.2 Å². The van der Waals surface area contributed by atoms with Gasteiger partial charge in [-0.15, -0.1) is 0 Å². The average Bonchev–Trinajstić information content (AvgIpc) is 2.20. The molecule has 1 aliphatic rings. The average molecular weight is 262 g/mol. The zero-order chi connectivity index (χ0) is 12.1. The fourth-order valence-electron chi connectivity index (χ4n) is 2.29. The van der Waals surface area contributed by atoms with Gasteiger partial charge in [-0.2, -0.15) is 0 Å². The topological polar surface area (TPSA) is 26.0 Å². The Labute approximate surface area is 105 Å². The van der Waals surface area contributed by atoms with Gasteiger partial charge in [-0.25, -0.2) is 4.39 Å². The lowest BCUT2D eigenvalue weighted by Gasteiger charge is -2.51. The Morgan fingerprint density at radius 2 is 1.94 bits per heavy atom. The Morgan fingerprint density at radius 3 is 2.44 bits per heavy atom. The van der Waals surface area contributed by atoms with E-state index in [-0.39, 0.29) is 22.4 Å². The minimum Gasteiger partial charge on any atom is -0.327 e. The van der Waals surface area contributed by atoms with Crippen LogP contribution in [0.2, 0.25) is 10.0 Å². The summed E-state index contributed by atoms with van der Waals surface area (Å²) in [4.78, 5) is 0. The summed E-state index contributed by atoms with van der Waals surface area (Å²) in [6.07, 6.45) is 0.841. The molecule has 1 fully saturated rings. The van der Waals surface area contributed by atoms with Crippen LogP contribution in [0.25, 0.3) is 0 Å². The molecule has 88 valence electrons. The summed E-state index contributed by atoms with van der Waals surface area (Å²) in [7, 11) is 0. The highest BCUT2D eigenvalue weighted by atomic mass is 35.5. The summed E-state index contributed by atoms with van der Waals surface area (Å²) in [6.45, 7) is 4.16. The SMILES string of the molecule is CC1(C)C(N)CC1c1cc(F)c(Cl)cc1Cl. The third kappa shape index (κ3) is 1.73. The maximum Gasteiger partial charge on any atom is 0.142 e. The highest BCUT2D eigenvalue weighted by Crippen LogP contribution is 2.53. The van der Waals surface area contributed by atoms with Gasteiger partial charge < -0.3 is 5.73 Å². The molecule has 0 radical (unpaired) electrons. The molecule has 1 aromatic rings. The number of hydrogen-bond donors (Lipinski definition) is 1. The maximum absolute atomic E-state index is 13.4. The van der Waals surface area contributed by atoms with E-state index in [1.807, 2.05) is 0 Å². The van der Waals surface area contributed by atoms with Crippen molar-refractivity contribution in [2.45, 2.75) is 32.2 Å². The summed E-state index contributed by atoms with van der Waals surface area (Å²) in [6, 6.07) is 3.05. The molecule has 2 N–H and O–H groups in total. The fourth-order valence-corrected chi connectivity index (χ4v) is 2.81. The van der Waals surface area contributed by atoms with Gasteiger partial charge >= 0.3 is 0 Å². The smallest absolute Gasteiger partial charge is 0.142 e. The first-order valence-corrected chi connectivity index (χ1v) is 5.99. The highest BCUT2D eigenvalue weighted by Gasteiger charge is 2.47. The van der Waals surface area contributed by atoms with Crippen molar-refractivity contribution < 1.29 is 4.39 Å². The Bertz CT molecular complexity index is 431. The summed E-state index contributed by atoms with van der Waals surface area (Å²) >= 11 is 11.8. The van der Waals surface area contributed by atoms with Gasteiger partial charge in [0.1, 0.15) is 5.82 Å². The van der Waals surface area contributed by atoms with Crippen LogP contribution in [0, 0.1) is 11.2 Å². The minimum absolute atomic E-state index is 0.0378. The number of nitrogens with two attached hydrogens (primary N) is 1. The fraction of sp³-hybridized carbons (Fsp3) is 0.500. The van der Waals surface area contributed by atoms with E-state index in [9.17, 15) is 4.39 Å². The largest absolute Gasteiger partial charge is 0.327 e. The lowest BCUT2D eigenvalue weighted by molar-refractivity contribution is 0.0982. The normalized spacial score (nSPS) is 27.6. The number of benzene rings is 1. The van der Waals surface area contributed by atoms with E-state index < -0.39 is 5.82 Å². The van der Waals surface area contributed by atoms with Gasteiger partial charge in [0.2, 0.25) is 0 Å². The molecule has 1 nitrogen and oxygen atoms in total. The van der Waals surface area contributed by atoms with E-state index in [0.717, 1.165) is 12.0 Å². The molecule has 0 aromatic heterocycles. The van der Waals surface area contributed by atoms with Gasteiger partial charge in [0.25, 0.3) is 0 Å². The van der Waals surface area contributed by atoms with Crippen molar-refractivity contribution in [3.63, 3.8) is 0 Å². The van der Waals surface area contributed by atoms with Crippen molar-refractivity contribution in [1.29, 1.82) is 0 Å². The highest BCUT2D eigenvalue weighted by molar-refractivity contribution is 6.35. The van der Waals surface area contributed by atoms with E-state index in [1.165, 1.54) is 12.1 Å². The molecule has 2 unspecified atom stereocenters. The van der Waals surface area contributed by atoms with Crippen LogP contribution >= 0.6 is 23.2 Å². The van der Waals surface area contributed by atoms with E-state index in [1.54, 1.807) is 0 Å². The molecule has 4 heteroatoms. The third-order valence-electron chi connectivity index (χ3n) is 3.76. The van der Waals surface area contributed by atoms with Gasteiger partial charge in [-0.05, 0) is 35.4 Å². The summed E-state index contributed by atoms with van der Waals surface area (Å²) in [5.41, 5.74) is 6.72. The molecular formula is C12H14Cl2FN. The number of rotatable bonds is 1. The molecule has 0 saturated heterocycles. The summed E-state index contributed by atoms with van der Waals surface area (Å²) < 4.78 is 13.4. The molecule has 0 heterocycles. The van der Waals surface area contributed by atoms with Crippen LogP contribution in [0.3, 0.4) is 0 Å². The predicted octanol–water partition coefficient (Wildman–Crippen LogP) is 3.97. The van der Waals surface area contributed by atoms with Crippen LogP contribution in [-0.2, 0) is 0 Å². The first-order valence-electron chi connectivity index (χ1n) is 5.24. The van der Waals surface area contributed by atoms with Crippen LogP contribution in [0.15, 0.2) is 12.1 Å². The van der Waals surface area contributed by atoms with Crippen LogP contribution in [0.1, 0.15) is 31.7 Å². The lowest BCUT2D eigenvalue weighted by atomic mass is 9.57. The molecular weight excluding hydrogens is 248 g/mol. The quantitative estimate of drug-likeness (QED) is 0.761. The van der Waals surface area contributed by atoms with Crippen LogP contribution in [0.5, 0.6) is 0 Å². The van der Waals surface area contributed by atoms with Crippen molar-refractivity contribution in [2.24, 2.45) is 11.1 Å². The second-order valence-electron chi connectivity index (χ2n) is 5.00. The molecule has 2 rings (SSSR count). The van der Waals surface area contributed by atoms with E-state index in [2.05, 4.69) is 13.8 Å². The second kappa shape index (κ2) is 3.86. The van der Waals surface area contributed by atoms with Crippen molar-refractivity contribution in [3.8, 4) is 0 Å². The van der Waals surface area contributed by atoms with Crippen LogP contribution in [-0.4, -0.2) is 6.04 Å². The molecule has 1 aliphatic carbocycles. The van der Waals surface area contributed by atoms with E-state index >= 15 is 0 Å². The molecule has 0 bridgehead atoms. The Hall–Kier alpha value is -0.310. The maximum atomic E-state index is 13.4.